The van der Waals surface area contributed by atoms with Crippen molar-refractivity contribution in [3.63, 3.8) is 0 Å². The lowest BCUT2D eigenvalue weighted by Gasteiger charge is -2.23. The van der Waals surface area contributed by atoms with Gasteiger partial charge in [0.05, 0.1) is 24.5 Å². The van der Waals surface area contributed by atoms with Gasteiger partial charge in [-0.1, -0.05) is 11.8 Å². The van der Waals surface area contributed by atoms with Crippen LogP contribution in [0.4, 0.5) is 5.69 Å². The Labute approximate surface area is 191 Å². The number of nitriles is 1. The summed E-state index contributed by atoms with van der Waals surface area (Å²) in [5.41, 5.74) is 2.65. The Bertz CT molecular complexity index is 1090. The maximum atomic E-state index is 12.9. The maximum absolute atomic E-state index is 12.9. The highest BCUT2D eigenvalue weighted by atomic mass is 32.2. The molecule has 0 aliphatic carbocycles. The van der Waals surface area contributed by atoms with Gasteiger partial charge in [0.2, 0.25) is 5.91 Å². The molecule has 1 aliphatic heterocycles. The molecule has 0 spiro atoms. The van der Waals surface area contributed by atoms with Crippen LogP contribution in [0.5, 0.6) is 5.75 Å². The average molecular weight is 449 g/mol. The third-order valence-electron chi connectivity index (χ3n) is 5.40. The molecular formula is C23H24N6O2S. The fraction of sp³-hybridized carbons (Fsp3) is 0.304. The molecule has 8 nitrogen and oxygen atoms in total. The number of anilines is 1. The van der Waals surface area contributed by atoms with Crippen LogP contribution in [-0.2, 0) is 4.79 Å². The molecule has 0 saturated carbocycles. The zero-order valence-corrected chi connectivity index (χ0v) is 18.7. The van der Waals surface area contributed by atoms with Gasteiger partial charge in [-0.25, -0.2) is 0 Å². The fourth-order valence-corrected chi connectivity index (χ4v) is 4.46. The Kier molecular flexibility index (Phi) is 6.92. The molecule has 164 valence electrons. The van der Waals surface area contributed by atoms with Crippen molar-refractivity contribution < 1.29 is 9.53 Å². The predicted molar refractivity (Wildman–Crippen MR) is 123 cm³/mol. The summed E-state index contributed by atoms with van der Waals surface area (Å²) >= 11 is 1.39. The molecule has 3 aromatic rings. The van der Waals surface area contributed by atoms with Crippen molar-refractivity contribution in [1.29, 1.82) is 5.26 Å². The number of amides is 1. The minimum atomic E-state index is 0.0981. The minimum Gasteiger partial charge on any atom is -0.497 e. The SMILES string of the molecule is COc1ccc(-n2cnnc2SCC(=O)N2CCCN(c3ccc(C#N)cc3)CC2)cc1. The van der Waals surface area contributed by atoms with Crippen LogP contribution in [0.2, 0.25) is 0 Å². The second-order valence-corrected chi connectivity index (χ2v) is 8.29. The summed E-state index contributed by atoms with van der Waals surface area (Å²) in [6.07, 6.45) is 2.55. The normalized spacial score (nSPS) is 14.0. The van der Waals surface area contributed by atoms with E-state index in [1.807, 2.05) is 58.0 Å². The zero-order valence-electron chi connectivity index (χ0n) is 17.8. The van der Waals surface area contributed by atoms with Gasteiger partial charge in [0.25, 0.3) is 0 Å². The van der Waals surface area contributed by atoms with Crippen molar-refractivity contribution in [2.24, 2.45) is 0 Å². The summed E-state index contributed by atoms with van der Waals surface area (Å²) in [4.78, 5) is 17.1. The predicted octanol–water partition coefficient (Wildman–Crippen LogP) is 2.98. The van der Waals surface area contributed by atoms with Crippen LogP contribution in [0.25, 0.3) is 5.69 Å². The van der Waals surface area contributed by atoms with Crippen molar-refractivity contribution in [1.82, 2.24) is 19.7 Å². The van der Waals surface area contributed by atoms with Gasteiger partial charge in [0.1, 0.15) is 12.1 Å². The topological polar surface area (TPSA) is 87.3 Å². The Morgan fingerprint density at radius 3 is 2.53 bits per heavy atom. The van der Waals surface area contributed by atoms with Gasteiger partial charge < -0.3 is 14.5 Å². The number of hydrogen-bond acceptors (Lipinski definition) is 7. The largest absolute Gasteiger partial charge is 0.497 e. The lowest BCUT2D eigenvalue weighted by molar-refractivity contribution is -0.128. The molecule has 2 heterocycles. The molecule has 1 aliphatic rings. The highest BCUT2D eigenvalue weighted by molar-refractivity contribution is 7.99. The molecule has 0 unspecified atom stereocenters. The summed E-state index contributed by atoms with van der Waals surface area (Å²) in [5, 5.41) is 17.8. The van der Waals surface area contributed by atoms with Crippen molar-refractivity contribution in [2.75, 3.05) is 43.9 Å². The molecule has 4 rings (SSSR count). The Balaban J connectivity index is 1.34. The van der Waals surface area contributed by atoms with Crippen LogP contribution in [0.15, 0.2) is 60.0 Å². The molecule has 1 saturated heterocycles. The van der Waals surface area contributed by atoms with E-state index in [2.05, 4.69) is 21.2 Å². The number of hydrogen-bond donors (Lipinski definition) is 0. The maximum Gasteiger partial charge on any atom is 0.233 e. The molecule has 0 atom stereocenters. The molecule has 9 heteroatoms. The summed E-state index contributed by atoms with van der Waals surface area (Å²) in [7, 11) is 1.63. The Morgan fingerprint density at radius 2 is 1.81 bits per heavy atom. The van der Waals surface area contributed by atoms with Crippen molar-refractivity contribution in [3.05, 3.63) is 60.4 Å². The standard InChI is InChI=1S/C23H24N6O2S/c1-31-21-9-7-20(8-10-21)29-17-25-26-23(29)32-16-22(30)28-12-2-11-27(13-14-28)19-5-3-18(15-24)4-6-19/h3-10,17H,2,11-14,16H2,1H3. The van der Waals surface area contributed by atoms with Crippen LogP contribution < -0.4 is 9.64 Å². The first kappa shape index (κ1) is 21.7. The van der Waals surface area contributed by atoms with Gasteiger partial charge in [-0.2, -0.15) is 5.26 Å². The minimum absolute atomic E-state index is 0.0981. The number of ether oxygens (including phenoxy) is 1. The molecular weight excluding hydrogens is 424 g/mol. The second-order valence-electron chi connectivity index (χ2n) is 7.35. The second kappa shape index (κ2) is 10.2. The Hall–Kier alpha value is -3.51. The first-order valence-corrected chi connectivity index (χ1v) is 11.4. The van der Waals surface area contributed by atoms with E-state index in [1.165, 1.54) is 11.8 Å². The zero-order chi connectivity index (χ0) is 22.3. The summed E-state index contributed by atoms with van der Waals surface area (Å²) < 4.78 is 7.07. The van der Waals surface area contributed by atoms with Crippen molar-refractivity contribution in [2.45, 2.75) is 11.6 Å². The number of rotatable bonds is 6. The van der Waals surface area contributed by atoms with Crippen LogP contribution in [0, 0.1) is 11.3 Å². The molecule has 2 aromatic carbocycles. The van der Waals surface area contributed by atoms with E-state index in [9.17, 15) is 4.79 Å². The van der Waals surface area contributed by atoms with E-state index in [1.54, 1.807) is 13.4 Å². The molecule has 0 N–H and O–H groups in total. The van der Waals surface area contributed by atoms with Gasteiger partial charge in [-0.15, -0.1) is 10.2 Å². The quantitative estimate of drug-likeness (QED) is 0.536. The van der Waals surface area contributed by atoms with Crippen LogP contribution in [0.1, 0.15) is 12.0 Å². The van der Waals surface area contributed by atoms with E-state index in [-0.39, 0.29) is 5.91 Å². The number of thioether (sulfide) groups is 1. The lowest BCUT2D eigenvalue weighted by atomic mass is 10.2. The van der Waals surface area contributed by atoms with Gasteiger partial charge in [-0.05, 0) is 55.0 Å². The van der Waals surface area contributed by atoms with E-state index in [4.69, 9.17) is 10.00 Å². The molecule has 0 radical (unpaired) electrons. The first-order chi connectivity index (χ1) is 15.7. The number of methoxy groups -OCH3 is 1. The van der Waals surface area contributed by atoms with Crippen molar-refractivity contribution in [3.8, 4) is 17.5 Å². The van der Waals surface area contributed by atoms with E-state index in [0.29, 0.717) is 23.0 Å². The monoisotopic (exact) mass is 448 g/mol. The summed E-state index contributed by atoms with van der Waals surface area (Å²) in [6.45, 7) is 3.06. The first-order valence-electron chi connectivity index (χ1n) is 10.4. The smallest absolute Gasteiger partial charge is 0.233 e. The van der Waals surface area contributed by atoms with Gasteiger partial charge >= 0.3 is 0 Å². The van der Waals surface area contributed by atoms with E-state index >= 15 is 0 Å². The van der Waals surface area contributed by atoms with E-state index in [0.717, 1.165) is 43.2 Å². The van der Waals surface area contributed by atoms with E-state index < -0.39 is 0 Å². The highest BCUT2D eigenvalue weighted by Crippen LogP contribution is 2.22. The lowest BCUT2D eigenvalue weighted by Crippen LogP contribution is -2.36. The third kappa shape index (κ3) is 5.03. The van der Waals surface area contributed by atoms with Crippen LogP contribution in [0.3, 0.4) is 0 Å². The summed E-state index contributed by atoms with van der Waals surface area (Å²) in [6, 6.07) is 17.4. The molecule has 1 fully saturated rings. The molecule has 32 heavy (non-hydrogen) atoms. The molecule has 1 amide bonds. The number of nitrogens with zero attached hydrogens (tertiary/aromatic N) is 6. The summed E-state index contributed by atoms with van der Waals surface area (Å²) in [5.74, 6) is 1.19. The third-order valence-corrected chi connectivity index (χ3v) is 6.33. The number of carbonyl (C=O) groups is 1. The number of benzene rings is 2. The van der Waals surface area contributed by atoms with Gasteiger partial charge in [0, 0.05) is 37.6 Å². The molecule has 1 aromatic heterocycles. The van der Waals surface area contributed by atoms with Crippen LogP contribution in [-0.4, -0.2) is 64.6 Å². The fourth-order valence-electron chi connectivity index (χ4n) is 3.63. The van der Waals surface area contributed by atoms with Crippen LogP contribution >= 0.6 is 11.8 Å². The number of carbonyl (C=O) groups excluding carboxylic acids is 1. The van der Waals surface area contributed by atoms with Gasteiger partial charge in [-0.3, -0.25) is 9.36 Å². The van der Waals surface area contributed by atoms with Gasteiger partial charge in [0.15, 0.2) is 5.16 Å². The number of aromatic nitrogens is 3. The Morgan fingerprint density at radius 1 is 1.06 bits per heavy atom. The average Bonchev–Trinajstić information content (AvgIpc) is 3.18. The molecule has 0 bridgehead atoms. The highest BCUT2D eigenvalue weighted by Gasteiger charge is 2.20. The van der Waals surface area contributed by atoms with Crippen molar-refractivity contribution >= 4 is 23.4 Å².